The maximum atomic E-state index is 13.1. The number of carboxylic acid groups (broad SMARTS) is 1. The number of rotatable bonds is 5. The first-order valence-corrected chi connectivity index (χ1v) is 5.45. The maximum Gasteiger partial charge on any atom is 0.331 e. The zero-order valence-electron chi connectivity index (χ0n) is 9.98. The van der Waals surface area contributed by atoms with Gasteiger partial charge in [0.1, 0.15) is 5.82 Å². The van der Waals surface area contributed by atoms with Gasteiger partial charge in [0, 0.05) is 24.4 Å². The molecular weight excluding hydrogens is 221 g/mol. The average molecular weight is 237 g/mol. The van der Waals surface area contributed by atoms with Crippen molar-refractivity contribution in [1.82, 2.24) is 0 Å². The van der Waals surface area contributed by atoms with E-state index in [-0.39, 0.29) is 5.82 Å². The van der Waals surface area contributed by atoms with E-state index in [2.05, 4.69) is 0 Å². The van der Waals surface area contributed by atoms with Crippen LogP contribution in [0, 0.1) is 5.82 Å². The molecular formula is C13H16FNO2. The highest BCUT2D eigenvalue weighted by Crippen LogP contribution is 2.15. The number of carbonyl (C=O) groups is 1. The Morgan fingerprint density at radius 1 is 1.53 bits per heavy atom. The number of carboxylic acids is 1. The molecule has 0 aliphatic heterocycles. The fourth-order valence-electron chi connectivity index (χ4n) is 1.42. The quantitative estimate of drug-likeness (QED) is 0.800. The predicted molar refractivity (Wildman–Crippen MR) is 65.7 cm³/mol. The fourth-order valence-corrected chi connectivity index (χ4v) is 1.42. The topological polar surface area (TPSA) is 40.5 Å². The molecule has 0 radical (unpaired) electrons. The Labute approximate surface area is 100 Å². The molecule has 0 bridgehead atoms. The van der Waals surface area contributed by atoms with Gasteiger partial charge in [-0.05, 0) is 32.0 Å². The number of halogens is 1. The first-order valence-electron chi connectivity index (χ1n) is 5.45. The third-order valence-corrected chi connectivity index (χ3v) is 2.51. The Hall–Kier alpha value is -1.84. The van der Waals surface area contributed by atoms with Gasteiger partial charge in [0.2, 0.25) is 0 Å². The van der Waals surface area contributed by atoms with Gasteiger partial charge in [-0.25, -0.2) is 9.18 Å². The molecule has 1 rings (SSSR count). The summed E-state index contributed by atoms with van der Waals surface area (Å²) in [7, 11) is 0. The lowest BCUT2D eigenvalue weighted by atomic mass is 10.2. The molecule has 0 aliphatic carbocycles. The van der Waals surface area contributed by atoms with Crippen molar-refractivity contribution < 1.29 is 14.3 Å². The number of likely N-dealkylation sites (N-methyl/N-ethyl adjacent to an activating group) is 1. The lowest BCUT2D eigenvalue weighted by Gasteiger charge is -2.21. The van der Waals surface area contributed by atoms with Crippen LogP contribution in [-0.4, -0.2) is 24.2 Å². The van der Waals surface area contributed by atoms with Gasteiger partial charge in [0.25, 0.3) is 0 Å². The molecule has 17 heavy (non-hydrogen) atoms. The van der Waals surface area contributed by atoms with E-state index in [9.17, 15) is 9.18 Å². The minimum absolute atomic E-state index is 0.292. The summed E-state index contributed by atoms with van der Waals surface area (Å²) in [4.78, 5) is 12.5. The summed E-state index contributed by atoms with van der Waals surface area (Å²) in [6.45, 7) is 4.63. The molecule has 0 aromatic heterocycles. The van der Waals surface area contributed by atoms with Gasteiger partial charge < -0.3 is 10.0 Å². The molecule has 1 N–H and O–H groups in total. The van der Waals surface area contributed by atoms with Gasteiger partial charge in [-0.1, -0.05) is 12.1 Å². The molecule has 0 unspecified atom stereocenters. The minimum atomic E-state index is -0.930. The second-order valence-corrected chi connectivity index (χ2v) is 3.71. The number of hydrogen-bond acceptors (Lipinski definition) is 2. The second-order valence-electron chi connectivity index (χ2n) is 3.71. The van der Waals surface area contributed by atoms with Crippen molar-refractivity contribution in [3.05, 3.63) is 41.7 Å². The zero-order valence-corrected chi connectivity index (χ0v) is 9.98. The number of aliphatic carboxylic acids is 1. The molecule has 0 fully saturated rings. The summed E-state index contributed by atoms with van der Waals surface area (Å²) < 4.78 is 13.1. The van der Waals surface area contributed by atoms with Gasteiger partial charge in [-0.15, -0.1) is 0 Å². The van der Waals surface area contributed by atoms with E-state index in [4.69, 9.17) is 5.11 Å². The van der Waals surface area contributed by atoms with Gasteiger partial charge in [-0.3, -0.25) is 0 Å². The minimum Gasteiger partial charge on any atom is -0.478 e. The van der Waals surface area contributed by atoms with Crippen LogP contribution in [0.4, 0.5) is 10.1 Å². The first-order chi connectivity index (χ1) is 8.04. The normalized spacial score (nSPS) is 11.4. The summed E-state index contributed by atoms with van der Waals surface area (Å²) in [6.07, 6.45) is 1.62. The van der Waals surface area contributed by atoms with Crippen LogP contribution in [-0.2, 0) is 4.79 Å². The van der Waals surface area contributed by atoms with Crippen LogP contribution in [0.3, 0.4) is 0 Å². The monoisotopic (exact) mass is 237 g/mol. The van der Waals surface area contributed by atoms with E-state index < -0.39 is 5.97 Å². The van der Waals surface area contributed by atoms with Gasteiger partial charge in [0.05, 0.1) is 0 Å². The third-order valence-electron chi connectivity index (χ3n) is 2.51. The Balaban J connectivity index is 2.79. The highest BCUT2D eigenvalue weighted by atomic mass is 19.1. The maximum absolute atomic E-state index is 13.1. The molecule has 0 aliphatic rings. The van der Waals surface area contributed by atoms with Crippen molar-refractivity contribution in [3.8, 4) is 0 Å². The Kier molecular flexibility index (Phi) is 4.69. The lowest BCUT2D eigenvalue weighted by molar-refractivity contribution is -0.132. The van der Waals surface area contributed by atoms with Crippen molar-refractivity contribution >= 4 is 11.7 Å². The molecule has 0 heterocycles. The standard InChI is InChI=1S/C13H16FNO2/c1-3-15(8-7-10(2)13(16)17)12-6-4-5-11(14)9-12/h4-7,9H,3,8H2,1-2H3,(H,16,17). The Morgan fingerprint density at radius 2 is 2.24 bits per heavy atom. The number of anilines is 1. The van der Waals surface area contributed by atoms with Crippen LogP contribution in [0.1, 0.15) is 13.8 Å². The highest BCUT2D eigenvalue weighted by molar-refractivity contribution is 5.85. The van der Waals surface area contributed by atoms with Crippen LogP contribution in [0.15, 0.2) is 35.9 Å². The molecule has 0 atom stereocenters. The fraction of sp³-hybridized carbons (Fsp3) is 0.308. The summed E-state index contributed by atoms with van der Waals surface area (Å²) in [6, 6.07) is 6.26. The van der Waals surface area contributed by atoms with Crippen LogP contribution >= 0.6 is 0 Å². The average Bonchev–Trinajstić information content (AvgIpc) is 2.29. The van der Waals surface area contributed by atoms with Crippen LogP contribution in [0.25, 0.3) is 0 Å². The molecule has 4 heteroatoms. The van der Waals surface area contributed by atoms with Gasteiger partial charge >= 0.3 is 5.97 Å². The van der Waals surface area contributed by atoms with E-state index in [1.165, 1.54) is 12.1 Å². The third kappa shape index (κ3) is 3.90. The summed E-state index contributed by atoms with van der Waals surface area (Å²) >= 11 is 0. The van der Waals surface area contributed by atoms with Crippen molar-refractivity contribution in [3.63, 3.8) is 0 Å². The zero-order chi connectivity index (χ0) is 12.8. The smallest absolute Gasteiger partial charge is 0.331 e. The van der Waals surface area contributed by atoms with Crippen molar-refractivity contribution in [2.45, 2.75) is 13.8 Å². The summed E-state index contributed by atoms with van der Waals surface area (Å²) in [5.74, 6) is -1.22. The highest BCUT2D eigenvalue weighted by Gasteiger charge is 2.05. The van der Waals surface area contributed by atoms with Crippen LogP contribution in [0.5, 0.6) is 0 Å². The van der Waals surface area contributed by atoms with Crippen molar-refractivity contribution in [2.24, 2.45) is 0 Å². The summed E-state index contributed by atoms with van der Waals surface area (Å²) in [5.41, 5.74) is 1.04. The summed E-state index contributed by atoms with van der Waals surface area (Å²) in [5, 5.41) is 8.74. The van der Waals surface area contributed by atoms with E-state index in [0.29, 0.717) is 18.7 Å². The SMILES string of the molecule is CCN(CC=C(C)C(=O)O)c1cccc(F)c1. The van der Waals surface area contributed by atoms with E-state index in [1.54, 1.807) is 25.1 Å². The van der Waals surface area contributed by atoms with E-state index in [1.807, 2.05) is 11.8 Å². The number of nitrogens with zero attached hydrogens (tertiary/aromatic N) is 1. The molecule has 0 amide bonds. The van der Waals surface area contributed by atoms with Crippen molar-refractivity contribution in [2.75, 3.05) is 18.0 Å². The predicted octanol–water partition coefficient (Wildman–Crippen LogP) is 2.68. The lowest BCUT2D eigenvalue weighted by Crippen LogP contribution is -2.23. The first kappa shape index (κ1) is 13.2. The van der Waals surface area contributed by atoms with E-state index in [0.717, 1.165) is 5.69 Å². The van der Waals surface area contributed by atoms with Gasteiger partial charge in [-0.2, -0.15) is 0 Å². The van der Waals surface area contributed by atoms with Crippen LogP contribution < -0.4 is 4.90 Å². The van der Waals surface area contributed by atoms with Gasteiger partial charge in [0.15, 0.2) is 0 Å². The largest absolute Gasteiger partial charge is 0.478 e. The molecule has 0 saturated carbocycles. The molecule has 3 nitrogen and oxygen atoms in total. The molecule has 92 valence electrons. The number of benzene rings is 1. The number of hydrogen-bond donors (Lipinski definition) is 1. The molecule has 0 spiro atoms. The molecule has 0 saturated heterocycles. The Bertz CT molecular complexity index is 429. The van der Waals surface area contributed by atoms with Crippen molar-refractivity contribution in [1.29, 1.82) is 0 Å². The second kappa shape index (κ2) is 6.03. The Morgan fingerprint density at radius 3 is 2.76 bits per heavy atom. The van der Waals surface area contributed by atoms with Crippen LogP contribution in [0.2, 0.25) is 0 Å². The van der Waals surface area contributed by atoms with E-state index >= 15 is 0 Å². The molecule has 1 aromatic rings. The molecule has 1 aromatic carbocycles.